The molecule has 2 fully saturated rings. The first-order valence-corrected chi connectivity index (χ1v) is 9.27. The molecule has 1 aromatic rings. The van der Waals surface area contributed by atoms with Gasteiger partial charge in [0.2, 0.25) is 10.0 Å². The summed E-state index contributed by atoms with van der Waals surface area (Å²) in [6, 6.07) is 1.70. The number of fused-ring (bicyclic) bond motifs is 1. The van der Waals surface area contributed by atoms with Gasteiger partial charge in [0.25, 0.3) is 0 Å². The molecule has 1 aliphatic heterocycles. The predicted molar refractivity (Wildman–Crippen MR) is 78.6 cm³/mol. The van der Waals surface area contributed by atoms with Crippen molar-refractivity contribution in [3.8, 4) is 0 Å². The minimum absolute atomic E-state index is 0.164. The van der Waals surface area contributed by atoms with E-state index in [1.807, 2.05) is 0 Å². The van der Waals surface area contributed by atoms with Gasteiger partial charge < -0.3 is 10.2 Å². The zero-order valence-electron chi connectivity index (χ0n) is 11.2. The Bertz CT molecular complexity index is 599. The maximum Gasteiger partial charge on any atom is 0.247 e. The van der Waals surface area contributed by atoms with Gasteiger partial charge in [0, 0.05) is 18.7 Å². The van der Waals surface area contributed by atoms with Gasteiger partial charge >= 0.3 is 0 Å². The molecule has 5 nitrogen and oxygen atoms in total. The van der Waals surface area contributed by atoms with Gasteiger partial charge in [0.05, 0.1) is 6.54 Å². The molecule has 0 amide bonds. The topological polar surface area (TPSA) is 76.5 Å². The second kappa shape index (κ2) is 5.44. The first-order chi connectivity index (χ1) is 9.54. The number of hydrogen-bond acceptors (Lipinski definition) is 4. The van der Waals surface area contributed by atoms with E-state index >= 15 is 0 Å². The van der Waals surface area contributed by atoms with E-state index in [9.17, 15) is 8.42 Å². The van der Waals surface area contributed by atoms with Crippen molar-refractivity contribution in [1.29, 1.82) is 0 Å². The van der Waals surface area contributed by atoms with Crippen LogP contribution in [0.5, 0.6) is 0 Å². The van der Waals surface area contributed by atoms with Gasteiger partial charge in [-0.15, -0.1) is 0 Å². The highest BCUT2D eigenvalue weighted by atomic mass is 79.9. The molecule has 2 unspecified atom stereocenters. The maximum absolute atomic E-state index is 12.9. The number of rotatable bonds is 3. The van der Waals surface area contributed by atoms with E-state index in [1.165, 1.54) is 6.07 Å². The molecule has 20 heavy (non-hydrogen) atoms. The lowest BCUT2D eigenvalue weighted by molar-refractivity contribution is 0.202. The van der Waals surface area contributed by atoms with Crippen molar-refractivity contribution in [2.45, 2.75) is 49.6 Å². The third kappa shape index (κ3) is 2.34. The molecule has 1 aromatic heterocycles. The fourth-order valence-electron chi connectivity index (χ4n) is 3.51. The van der Waals surface area contributed by atoms with Crippen LogP contribution in [-0.2, 0) is 16.6 Å². The van der Waals surface area contributed by atoms with Crippen molar-refractivity contribution in [2.75, 3.05) is 6.54 Å². The zero-order valence-corrected chi connectivity index (χ0v) is 13.6. The van der Waals surface area contributed by atoms with Crippen molar-refractivity contribution in [3.05, 3.63) is 16.5 Å². The van der Waals surface area contributed by atoms with Gasteiger partial charge in [0.1, 0.15) is 10.7 Å². The Morgan fingerprint density at radius 1 is 1.35 bits per heavy atom. The van der Waals surface area contributed by atoms with Crippen LogP contribution < -0.4 is 5.73 Å². The van der Waals surface area contributed by atoms with Crippen LogP contribution in [0.15, 0.2) is 20.0 Å². The summed E-state index contributed by atoms with van der Waals surface area (Å²) in [5, 5.41) is 0. The number of furan rings is 1. The van der Waals surface area contributed by atoms with Gasteiger partial charge in [-0.2, -0.15) is 4.31 Å². The molecule has 7 heteroatoms. The number of halogens is 1. The van der Waals surface area contributed by atoms with Crippen LogP contribution in [0.2, 0.25) is 0 Å². The smallest absolute Gasteiger partial charge is 0.247 e. The lowest BCUT2D eigenvalue weighted by atomic mass is 9.94. The Kier molecular flexibility index (Phi) is 3.96. The molecule has 2 aliphatic rings. The lowest BCUT2D eigenvalue weighted by Crippen LogP contribution is -2.46. The quantitative estimate of drug-likeness (QED) is 0.895. The summed E-state index contributed by atoms with van der Waals surface area (Å²) in [5.74, 6) is 1.01. The van der Waals surface area contributed by atoms with E-state index in [0.29, 0.717) is 18.2 Å². The third-order valence-electron chi connectivity index (χ3n) is 4.44. The Morgan fingerprint density at radius 2 is 2.10 bits per heavy atom. The van der Waals surface area contributed by atoms with Crippen LogP contribution in [0, 0.1) is 5.92 Å². The lowest BCUT2D eigenvalue weighted by Gasteiger charge is -2.36. The van der Waals surface area contributed by atoms with Crippen molar-refractivity contribution in [2.24, 2.45) is 11.7 Å². The van der Waals surface area contributed by atoms with E-state index in [1.54, 1.807) is 4.31 Å². The van der Waals surface area contributed by atoms with Crippen molar-refractivity contribution in [1.82, 2.24) is 4.31 Å². The summed E-state index contributed by atoms with van der Waals surface area (Å²) in [7, 11) is -3.50. The van der Waals surface area contributed by atoms with Crippen molar-refractivity contribution in [3.63, 3.8) is 0 Å². The molecular formula is C13H19BrN2O3S. The molecule has 112 valence electrons. The second-order valence-corrected chi connectivity index (χ2v) is 8.15. The Hall–Kier alpha value is -0.370. The highest BCUT2D eigenvalue weighted by Gasteiger charge is 2.42. The highest BCUT2D eigenvalue weighted by molar-refractivity contribution is 9.10. The van der Waals surface area contributed by atoms with Crippen LogP contribution in [0.1, 0.15) is 37.9 Å². The standard InChI is InChI=1S/C13H19BrN2O3S/c14-13-12(7-10(8-15)19-13)20(17,18)16-6-2-4-9-3-1-5-11(9)16/h7,9,11H,1-6,8,15H2. The average molecular weight is 363 g/mol. The summed E-state index contributed by atoms with van der Waals surface area (Å²) in [4.78, 5) is 0.213. The molecule has 2 heterocycles. The van der Waals surface area contributed by atoms with E-state index in [-0.39, 0.29) is 22.2 Å². The summed E-state index contributed by atoms with van der Waals surface area (Å²) < 4.78 is 33.0. The molecule has 0 bridgehead atoms. The average Bonchev–Trinajstić information content (AvgIpc) is 3.03. The predicted octanol–water partition coefficient (Wildman–Crippen LogP) is 2.45. The number of hydrogen-bond donors (Lipinski definition) is 1. The number of nitrogens with two attached hydrogens (primary N) is 1. The Labute approximate surface area is 127 Å². The van der Waals surface area contributed by atoms with Crippen LogP contribution in [-0.4, -0.2) is 25.3 Å². The molecule has 0 radical (unpaired) electrons. The van der Waals surface area contributed by atoms with Crippen LogP contribution in [0.3, 0.4) is 0 Å². The summed E-state index contributed by atoms with van der Waals surface area (Å²) in [5.41, 5.74) is 5.52. The van der Waals surface area contributed by atoms with Crippen LogP contribution in [0.25, 0.3) is 0 Å². The van der Waals surface area contributed by atoms with Gasteiger partial charge in [-0.3, -0.25) is 0 Å². The summed E-state index contributed by atoms with van der Waals surface area (Å²) in [6.45, 7) is 0.805. The first-order valence-electron chi connectivity index (χ1n) is 7.04. The third-order valence-corrected chi connectivity index (χ3v) is 7.22. The Morgan fingerprint density at radius 3 is 2.80 bits per heavy atom. The summed E-state index contributed by atoms with van der Waals surface area (Å²) >= 11 is 3.20. The number of sulfonamides is 1. The molecule has 1 saturated heterocycles. The Balaban J connectivity index is 1.96. The second-order valence-electron chi connectivity index (χ2n) is 5.57. The molecule has 2 N–H and O–H groups in total. The normalized spacial score (nSPS) is 27.7. The van der Waals surface area contributed by atoms with Crippen LogP contribution >= 0.6 is 15.9 Å². The molecule has 1 aliphatic carbocycles. The fraction of sp³-hybridized carbons (Fsp3) is 0.692. The largest absolute Gasteiger partial charge is 0.452 e. The minimum atomic E-state index is -3.50. The van der Waals surface area contributed by atoms with Gasteiger partial charge in [-0.1, -0.05) is 6.42 Å². The zero-order chi connectivity index (χ0) is 14.3. The molecule has 0 aromatic carbocycles. The van der Waals surface area contributed by atoms with Crippen LogP contribution in [0.4, 0.5) is 0 Å². The van der Waals surface area contributed by atoms with Crippen molar-refractivity contribution >= 4 is 26.0 Å². The summed E-state index contributed by atoms with van der Waals surface area (Å²) in [6.07, 6.45) is 5.35. The van der Waals surface area contributed by atoms with E-state index < -0.39 is 10.0 Å². The monoisotopic (exact) mass is 362 g/mol. The molecule has 2 atom stereocenters. The molecule has 1 saturated carbocycles. The molecule has 0 spiro atoms. The van der Waals surface area contributed by atoms with Gasteiger partial charge in [0.15, 0.2) is 4.67 Å². The minimum Gasteiger partial charge on any atom is -0.452 e. The fourth-order valence-corrected chi connectivity index (χ4v) is 6.22. The van der Waals surface area contributed by atoms with E-state index in [2.05, 4.69) is 15.9 Å². The van der Waals surface area contributed by atoms with Gasteiger partial charge in [-0.25, -0.2) is 8.42 Å². The number of nitrogens with zero attached hydrogens (tertiary/aromatic N) is 1. The maximum atomic E-state index is 12.9. The van der Waals surface area contributed by atoms with E-state index in [4.69, 9.17) is 10.2 Å². The van der Waals surface area contributed by atoms with Crippen molar-refractivity contribution < 1.29 is 12.8 Å². The first kappa shape index (κ1) is 14.6. The SMILES string of the molecule is NCc1cc(S(=O)(=O)N2CCCC3CCCC32)c(Br)o1. The number of piperidine rings is 1. The van der Waals surface area contributed by atoms with Gasteiger partial charge in [-0.05, 0) is 47.5 Å². The molecular weight excluding hydrogens is 344 g/mol. The highest BCUT2D eigenvalue weighted by Crippen LogP contribution is 2.40. The molecule has 3 rings (SSSR count). The van der Waals surface area contributed by atoms with E-state index in [0.717, 1.165) is 32.1 Å².